The molecule has 0 spiro atoms. The molecule has 1 saturated heterocycles. The van der Waals surface area contributed by atoms with Crippen LogP contribution < -0.4 is 14.7 Å². The maximum absolute atomic E-state index is 5.07. The second-order valence-electron chi connectivity index (χ2n) is 9.30. The van der Waals surface area contributed by atoms with E-state index in [4.69, 9.17) is 15.0 Å². The Labute approximate surface area is 198 Å². The number of hydrogen-bond donors (Lipinski definition) is 0. The lowest BCUT2D eigenvalue weighted by Gasteiger charge is -2.33. The van der Waals surface area contributed by atoms with Gasteiger partial charge in [0.05, 0.1) is 23.5 Å². The molecule has 0 bridgehead atoms. The fraction of sp³-hybridized carbons (Fsp3) is 0.400. The summed E-state index contributed by atoms with van der Waals surface area (Å²) >= 11 is 0. The van der Waals surface area contributed by atoms with Crippen molar-refractivity contribution < 1.29 is 0 Å². The third-order valence-corrected chi connectivity index (χ3v) is 7.19. The van der Waals surface area contributed by atoms with Gasteiger partial charge in [-0.3, -0.25) is 4.98 Å². The molecule has 9 nitrogen and oxygen atoms in total. The number of aryl methyl sites for hydroxylation is 1. The third kappa shape index (κ3) is 3.26. The Balaban J connectivity index is 1.25. The van der Waals surface area contributed by atoms with Crippen LogP contribution >= 0.6 is 0 Å². The fourth-order valence-corrected chi connectivity index (χ4v) is 5.46. The molecule has 0 aromatic carbocycles. The summed E-state index contributed by atoms with van der Waals surface area (Å²) < 4.78 is 2.08. The molecule has 3 aliphatic heterocycles. The topological polar surface area (TPSA) is 79.1 Å². The zero-order chi connectivity index (χ0) is 22.5. The molecule has 4 aromatic rings. The molecule has 3 aliphatic rings. The lowest BCUT2D eigenvalue weighted by molar-refractivity contribution is 0.541. The molecule has 7 heterocycles. The average Bonchev–Trinajstić information content (AvgIpc) is 3.60. The Hall–Kier alpha value is -3.75. The van der Waals surface area contributed by atoms with E-state index >= 15 is 0 Å². The predicted molar refractivity (Wildman–Crippen MR) is 132 cm³/mol. The van der Waals surface area contributed by atoms with Crippen molar-refractivity contribution in [3.05, 3.63) is 54.1 Å². The number of aromatic nitrogens is 6. The van der Waals surface area contributed by atoms with Crippen molar-refractivity contribution in [1.82, 2.24) is 29.7 Å². The molecule has 0 N–H and O–H groups in total. The lowest BCUT2D eigenvalue weighted by Crippen LogP contribution is -2.33. The highest BCUT2D eigenvalue weighted by Crippen LogP contribution is 2.33. The summed E-state index contributed by atoms with van der Waals surface area (Å²) in [5.41, 5.74) is 4.35. The van der Waals surface area contributed by atoms with Gasteiger partial charge in [0.1, 0.15) is 11.6 Å². The number of rotatable bonds is 3. The summed E-state index contributed by atoms with van der Waals surface area (Å²) in [5.74, 6) is 2.92. The maximum Gasteiger partial charge on any atom is 0.229 e. The van der Waals surface area contributed by atoms with Gasteiger partial charge in [-0.25, -0.2) is 9.67 Å². The normalized spacial score (nSPS) is 17.8. The first-order valence-corrected chi connectivity index (χ1v) is 12.2. The molecule has 0 saturated carbocycles. The van der Waals surface area contributed by atoms with Gasteiger partial charge >= 0.3 is 0 Å². The van der Waals surface area contributed by atoms with Gasteiger partial charge in [-0.2, -0.15) is 15.1 Å². The van der Waals surface area contributed by atoms with Crippen LogP contribution in [0.15, 0.2) is 42.9 Å². The summed E-state index contributed by atoms with van der Waals surface area (Å²) in [6, 6.07) is 8.46. The Morgan fingerprint density at radius 3 is 2.71 bits per heavy atom. The number of fused-ring (bicyclic) bond motifs is 3. The van der Waals surface area contributed by atoms with Crippen molar-refractivity contribution in [3.63, 3.8) is 0 Å². The highest BCUT2D eigenvalue weighted by molar-refractivity contribution is 5.88. The van der Waals surface area contributed by atoms with Crippen LogP contribution in [-0.4, -0.2) is 55.9 Å². The molecule has 0 radical (unpaired) electrons. The monoisotopic (exact) mass is 453 g/mol. The van der Waals surface area contributed by atoms with E-state index in [9.17, 15) is 0 Å². The molecule has 1 fully saturated rings. The van der Waals surface area contributed by atoms with Crippen LogP contribution in [0.5, 0.6) is 0 Å². The van der Waals surface area contributed by atoms with E-state index in [0.29, 0.717) is 0 Å². The van der Waals surface area contributed by atoms with E-state index in [-0.39, 0.29) is 0 Å². The summed E-state index contributed by atoms with van der Waals surface area (Å²) in [6.07, 6.45) is 10.1. The molecule has 0 aliphatic carbocycles. The molecule has 172 valence electrons. The number of hydrogen-bond acceptors (Lipinski definition) is 8. The van der Waals surface area contributed by atoms with Crippen molar-refractivity contribution in [2.45, 2.75) is 38.8 Å². The van der Waals surface area contributed by atoms with Crippen LogP contribution in [0.25, 0.3) is 11.0 Å². The molecular weight excluding hydrogens is 426 g/mol. The van der Waals surface area contributed by atoms with Crippen molar-refractivity contribution in [2.24, 2.45) is 0 Å². The minimum absolute atomic E-state index is 0.772. The first-order chi connectivity index (χ1) is 16.8. The van der Waals surface area contributed by atoms with Crippen molar-refractivity contribution in [2.75, 3.05) is 40.9 Å². The van der Waals surface area contributed by atoms with Crippen molar-refractivity contribution in [3.8, 4) is 0 Å². The molecule has 7 rings (SSSR count). The lowest BCUT2D eigenvalue weighted by atomic mass is 10.0. The number of nitrogens with zero attached hydrogens (tertiary/aromatic N) is 9. The van der Waals surface area contributed by atoms with E-state index in [1.165, 1.54) is 24.1 Å². The smallest absolute Gasteiger partial charge is 0.229 e. The van der Waals surface area contributed by atoms with E-state index in [1.54, 1.807) is 0 Å². The first-order valence-electron chi connectivity index (χ1n) is 12.2. The summed E-state index contributed by atoms with van der Waals surface area (Å²) in [4.78, 5) is 26.3. The van der Waals surface area contributed by atoms with Crippen LogP contribution in [0, 0.1) is 0 Å². The summed E-state index contributed by atoms with van der Waals surface area (Å²) in [5, 5.41) is 5.48. The second kappa shape index (κ2) is 7.93. The van der Waals surface area contributed by atoms with Gasteiger partial charge in [-0.1, -0.05) is 0 Å². The molecule has 9 heteroatoms. The van der Waals surface area contributed by atoms with E-state index in [2.05, 4.69) is 47.7 Å². The zero-order valence-electron chi connectivity index (χ0n) is 19.1. The molecular formula is C25H27N9. The van der Waals surface area contributed by atoms with Crippen molar-refractivity contribution in [1.29, 1.82) is 0 Å². The number of pyridine rings is 2. The Bertz CT molecular complexity index is 1360. The standard InChI is InChI=1S/C25H27N9/c1-2-11-31(10-1)25-29-23-20(5-3-8-26-23)24(30-25)32-14-7-21-18(17-32)15-19(16-27-21)33-12-4-13-34-22(33)6-9-28-34/h3,5-6,8-9,15-16H,1-2,4,7,10-14,17H2. The maximum atomic E-state index is 5.07. The van der Waals surface area contributed by atoms with Gasteiger partial charge in [0.25, 0.3) is 0 Å². The SMILES string of the molecule is c1cnc2nc(N3CCCC3)nc(N3CCc4ncc(N5CCCn6nccc65)cc4C3)c2c1. The third-order valence-electron chi connectivity index (χ3n) is 7.19. The molecule has 0 atom stereocenters. The Morgan fingerprint density at radius 1 is 0.824 bits per heavy atom. The van der Waals surface area contributed by atoms with E-state index < -0.39 is 0 Å². The summed E-state index contributed by atoms with van der Waals surface area (Å²) in [6.45, 7) is 5.65. The van der Waals surface area contributed by atoms with Gasteiger partial charge in [-0.15, -0.1) is 0 Å². The van der Waals surface area contributed by atoms with Crippen LogP contribution in [-0.2, 0) is 19.5 Å². The molecule has 4 aromatic heterocycles. The van der Waals surface area contributed by atoms with Crippen LogP contribution in [0.3, 0.4) is 0 Å². The fourth-order valence-electron chi connectivity index (χ4n) is 5.46. The Kier molecular flexibility index (Phi) is 4.59. The van der Waals surface area contributed by atoms with Gasteiger partial charge in [0.15, 0.2) is 5.65 Å². The number of anilines is 4. The minimum Gasteiger partial charge on any atom is -0.351 e. The molecule has 0 unspecified atom stereocenters. The van der Waals surface area contributed by atoms with Gasteiger partial charge < -0.3 is 14.7 Å². The van der Waals surface area contributed by atoms with Gasteiger partial charge in [0, 0.05) is 63.6 Å². The Morgan fingerprint density at radius 2 is 1.76 bits per heavy atom. The van der Waals surface area contributed by atoms with Gasteiger partial charge in [0.2, 0.25) is 5.95 Å². The van der Waals surface area contributed by atoms with E-state index in [0.717, 1.165) is 86.4 Å². The quantitative estimate of drug-likeness (QED) is 0.467. The first kappa shape index (κ1) is 19.7. The zero-order valence-corrected chi connectivity index (χ0v) is 19.1. The van der Waals surface area contributed by atoms with Crippen LogP contribution in [0.2, 0.25) is 0 Å². The highest BCUT2D eigenvalue weighted by Gasteiger charge is 2.26. The highest BCUT2D eigenvalue weighted by atomic mass is 15.4. The van der Waals surface area contributed by atoms with Crippen LogP contribution in [0.1, 0.15) is 30.5 Å². The second-order valence-corrected chi connectivity index (χ2v) is 9.30. The molecule has 34 heavy (non-hydrogen) atoms. The van der Waals surface area contributed by atoms with Crippen molar-refractivity contribution >= 4 is 34.3 Å². The molecule has 0 amide bonds. The average molecular weight is 454 g/mol. The van der Waals surface area contributed by atoms with Crippen LogP contribution in [0.4, 0.5) is 23.3 Å². The minimum atomic E-state index is 0.772. The summed E-state index contributed by atoms with van der Waals surface area (Å²) in [7, 11) is 0. The largest absolute Gasteiger partial charge is 0.351 e. The van der Waals surface area contributed by atoms with E-state index in [1.807, 2.05) is 24.7 Å². The van der Waals surface area contributed by atoms with Gasteiger partial charge in [-0.05, 0) is 43.0 Å². The predicted octanol–water partition coefficient (Wildman–Crippen LogP) is 3.32.